The summed E-state index contributed by atoms with van der Waals surface area (Å²) in [5, 5.41) is 20.6. The minimum absolute atomic E-state index is 0.186. The fourth-order valence-corrected chi connectivity index (χ4v) is 4.42. The average Bonchev–Trinajstić information content (AvgIpc) is 3.40. The highest BCUT2D eigenvalue weighted by Crippen LogP contribution is 2.26. The average molecular weight is 480 g/mol. The van der Waals surface area contributed by atoms with Crippen LogP contribution in [0.15, 0.2) is 30.3 Å². The summed E-state index contributed by atoms with van der Waals surface area (Å²) in [6.45, 7) is 6.80. The maximum atomic E-state index is 13.4. The van der Waals surface area contributed by atoms with Crippen molar-refractivity contribution < 1.29 is 4.79 Å². The maximum Gasteiger partial charge on any atom is 0.239 e. The lowest BCUT2D eigenvalue weighted by Gasteiger charge is -2.14. The molecule has 1 atom stereocenters. The molecule has 190 valence electrons. The first-order valence-corrected chi connectivity index (χ1v) is 13.1. The van der Waals surface area contributed by atoms with E-state index in [0.29, 0.717) is 12.4 Å². The summed E-state index contributed by atoms with van der Waals surface area (Å²) in [5.41, 5.74) is 3.25. The van der Waals surface area contributed by atoms with E-state index in [1.807, 2.05) is 51.2 Å². The van der Waals surface area contributed by atoms with Crippen molar-refractivity contribution in [1.29, 1.82) is 0 Å². The molecule has 0 aliphatic carbocycles. The molecule has 35 heavy (non-hydrogen) atoms. The van der Waals surface area contributed by atoms with Crippen LogP contribution in [0.25, 0.3) is 0 Å². The number of hydrogen-bond donors (Lipinski definition) is 1. The number of aryl methyl sites for hydroxylation is 3. The van der Waals surface area contributed by atoms with Gasteiger partial charge in [0.05, 0.1) is 23.6 Å². The minimum atomic E-state index is -0.642. The van der Waals surface area contributed by atoms with E-state index in [2.05, 4.69) is 32.7 Å². The minimum Gasteiger partial charge on any atom is -0.322 e. The summed E-state index contributed by atoms with van der Waals surface area (Å²) in [6, 6.07) is 9.63. The fraction of sp³-hybridized carbons (Fsp3) is 0.593. The lowest BCUT2D eigenvalue weighted by Crippen LogP contribution is -2.24. The van der Waals surface area contributed by atoms with E-state index in [4.69, 9.17) is 0 Å². The van der Waals surface area contributed by atoms with Gasteiger partial charge in [-0.1, -0.05) is 95.0 Å². The van der Waals surface area contributed by atoms with Gasteiger partial charge in [-0.3, -0.25) is 9.48 Å². The number of benzene rings is 1. The SMILES string of the molecule is CCCCCCCCCCCCn1nnc([C@H](C(=O)Nc2c(C)nn(C)c2C)c2ccccc2)n1. The third kappa shape index (κ3) is 7.73. The van der Waals surface area contributed by atoms with Crippen LogP contribution in [0.1, 0.15) is 99.8 Å². The van der Waals surface area contributed by atoms with Gasteiger partial charge in [0, 0.05) is 7.05 Å². The quantitative estimate of drug-likeness (QED) is 0.282. The van der Waals surface area contributed by atoms with Crippen molar-refractivity contribution in [2.45, 2.75) is 97.4 Å². The number of tetrazole rings is 1. The molecule has 0 fully saturated rings. The van der Waals surface area contributed by atoms with Gasteiger partial charge in [0.1, 0.15) is 5.92 Å². The smallest absolute Gasteiger partial charge is 0.239 e. The molecular weight excluding hydrogens is 438 g/mol. The van der Waals surface area contributed by atoms with Gasteiger partial charge >= 0.3 is 0 Å². The Hall–Kier alpha value is -3.03. The molecule has 1 amide bonds. The number of nitrogens with one attached hydrogen (secondary N) is 1. The first kappa shape index (κ1) is 26.6. The zero-order valence-electron chi connectivity index (χ0n) is 21.8. The number of carbonyl (C=O) groups excluding carboxylic acids is 1. The number of aromatic nitrogens is 6. The summed E-state index contributed by atoms with van der Waals surface area (Å²) < 4.78 is 1.77. The first-order chi connectivity index (χ1) is 17.0. The van der Waals surface area contributed by atoms with Crippen molar-refractivity contribution in [2.24, 2.45) is 7.05 Å². The van der Waals surface area contributed by atoms with Gasteiger partial charge in [-0.25, -0.2) is 0 Å². The molecule has 8 heteroatoms. The monoisotopic (exact) mass is 479 g/mol. The number of hydrogen-bond acceptors (Lipinski definition) is 5. The van der Waals surface area contributed by atoms with Crippen LogP contribution in [0, 0.1) is 13.8 Å². The van der Waals surface area contributed by atoms with E-state index < -0.39 is 5.92 Å². The van der Waals surface area contributed by atoms with Crippen molar-refractivity contribution in [1.82, 2.24) is 30.0 Å². The lowest BCUT2D eigenvalue weighted by molar-refractivity contribution is -0.116. The number of rotatable bonds is 15. The summed E-state index contributed by atoms with van der Waals surface area (Å²) in [6.07, 6.45) is 12.8. The largest absolute Gasteiger partial charge is 0.322 e. The van der Waals surface area contributed by atoms with Gasteiger partial charge in [-0.15, -0.1) is 10.2 Å². The molecule has 0 aliphatic rings. The first-order valence-electron chi connectivity index (χ1n) is 13.1. The van der Waals surface area contributed by atoms with E-state index >= 15 is 0 Å². The second-order valence-corrected chi connectivity index (χ2v) is 9.43. The molecule has 3 rings (SSSR count). The van der Waals surface area contributed by atoms with Gasteiger partial charge in [0.2, 0.25) is 5.91 Å². The Balaban J connectivity index is 1.56. The van der Waals surface area contributed by atoms with Gasteiger partial charge in [-0.2, -0.15) is 9.90 Å². The molecule has 0 unspecified atom stereocenters. The van der Waals surface area contributed by atoms with Crippen LogP contribution in [-0.4, -0.2) is 35.9 Å². The van der Waals surface area contributed by atoms with E-state index in [-0.39, 0.29) is 5.91 Å². The van der Waals surface area contributed by atoms with E-state index in [9.17, 15) is 4.79 Å². The lowest BCUT2D eigenvalue weighted by atomic mass is 9.97. The number of carbonyl (C=O) groups is 1. The molecule has 2 aromatic heterocycles. The van der Waals surface area contributed by atoms with Crippen LogP contribution >= 0.6 is 0 Å². The van der Waals surface area contributed by atoms with E-state index in [1.54, 1.807) is 9.48 Å². The standard InChI is InChI=1S/C27H41N7O/c1-5-6-7-8-9-10-11-12-13-17-20-34-31-26(29-32-34)24(23-18-15-14-16-19-23)27(35)28-25-21(2)30-33(4)22(25)3/h14-16,18-19,24H,5-13,17,20H2,1-4H3,(H,28,35)/t24-/m1/s1. The third-order valence-electron chi connectivity index (χ3n) is 6.59. The molecule has 2 heterocycles. The van der Waals surface area contributed by atoms with Gasteiger partial charge in [-0.05, 0) is 31.0 Å². The molecule has 0 aliphatic heterocycles. The van der Waals surface area contributed by atoms with Crippen LogP contribution in [-0.2, 0) is 18.4 Å². The Morgan fingerprint density at radius 3 is 2.14 bits per heavy atom. The second-order valence-electron chi connectivity index (χ2n) is 9.43. The summed E-state index contributed by atoms with van der Waals surface area (Å²) in [4.78, 5) is 15.0. The van der Waals surface area contributed by atoms with Crippen LogP contribution in [0.3, 0.4) is 0 Å². The van der Waals surface area contributed by atoms with Crippen molar-refractivity contribution in [3.63, 3.8) is 0 Å². The highest BCUT2D eigenvalue weighted by atomic mass is 16.2. The van der Waals surface area contributed by atoms with Crippen molar-refractivity contribution in [3.8, 4) is 0 Å². The molecule has 0 bridgehead atoms. The van der Waals surface area contributed by atoms with Gasteiger partial charge in [0.25, 0.3) is 0 Å². The molecule has 0 saturated carbocycles. The highest BCUT2D eigenvalue weighted by Gasteiger charge is 2.29. The Bertz CT molecular complexity index is 1040. The number of nitrogens with zero attached hydrogens (tertiary/aromatic N) is 6. The third-order valence-corrected chi connectivity index (χ3v) is 6.59. The summed E-state index contributed by atoms with van der Waals surface area (Å²) in [5.74, 6) is -0.412. The Morgan fingerprint density at radius 2 is 1.54 bits per heavy atom. The zero-order valence-corrected chi connectivity index (χ0v) is 21.8. The van der Waals surface area contributed by atoms with Crippen LogP contribution in [0.2, 0.25) is 0 Å². The number of amides is 1. The second kappa shape index (κ2) is 13.8. The normalized spacial score (nSPS) is 12.1. The predicted molar refractivity (Wildman–Crippen MR) is 139 cm³/mol. The molecule has 0 saturated heterocycles. The van der Waals surface area contributed by atoms with Crippen molar-refractivity contribution in [2.75, 3.05) is 5.32 Å². The van der Waals surface area contributed by atoms with Crippen LogP contribution in [0.4, 0.5) is 5.69 Å². The van der Waals surface area contributed by atoms with Crippen molar-refractivity contribution in [3.05, 3.63) is 53.1 Å². The Labute approximate surface area is 209 Å². The Kier molecular flexibility index (Phi) is 10.4. The van der Waals surface area contributed by atoms with E-state index in [1.165, 1.54) is 51.4 Å². The summed E-state index contributed by atoms with van der Waals surface area (Å²) in [7, 11) is 1.87. The van der Waals surface area contributed by atoms with Gasteiger partial charge in [0.15, 0.2) is 5.82 Å². The molecule has 8 nitrogen and oxygen atoms in total. The molecule has 0 radical (unpaired) electrons. The number of unbranched alkanes of at least 4 members (excludes halogenated alkanes) is 9. The maximum absolute atomic E-state index is 13.4. The highest BCUT2D eigenvalue weighted by molar-refractivity contribution is 5.98. The van der Waals surface area contributed by atoms with Crippen molar-refractivity contribution >= 4 is 11.6 Å². The molecule has 1 N–H and O–H groups in total. The predicted octanol–water partition coefficient (Wildman–Crippen LogP) is 5.71. The molecule has 1 aromatic carbocycles. The Morgan fingerprint density at radius 1 is 0.914 bits per heavy atom. The zero-order chi connectivity index (χ0) is 25.0. The molecular formula is C27H41N7O. The van der Waals surface area contributed by atoms with Crippen LogP contribution in [0.5, 0.6) is 0 Å². The summed E-state index contributed by atoms with van der Waals surface area (Å²) >= 11 is 0. The molecule has 0 spiro atoms. The van der Waals surface area contributed by atoms with Crippen LogP contribution < -0.4 is 5.32 Å². The van der Waals surface area contributed by atoms with E-state index in [0.717, 1.165) is 35.5 Å². The fourth-order valence-electron chi connectivity index (χ4n) is 4.42. The number of anilines is 1. The topological polar surface area (TPSA) is 90.5 Å². The van der Waals surface area contributed by atoms with Gasteiger partial charge < -0.3 is 5.32 Å². The molecule has 3 aromatic rings.